The summed E-state index contributed by atoms with van der Waals surface area (Å²) >= 11 is 0. The molecule has 0 saturated carbocycles. The maximum Gasteiger partial charge on any atom is 0.307 e. The summed E-state index contributed by atoms with van der Waals surface area (Å²) in [5, 5.41) is 9.60. The molecule has 0 saturated heterocycles. The summed E-state index contributed by atoms with van der Waals surface area (Å²) < 4.78 is 0. The summed E-state index contributed by atoms with van der Waals surface area (Å²) in [7, 11) is 0. The quantitative estimate of drug-likeness (QED) is 0.626. The number of carboxylic acids is 1. The summed E-state index contributed by atoms with van der Waals surface area (Å²) in [6, 6.07) is 15.9. The van der Waals surface area contributed by atoms with E-state index >= 15 is 0 Å². The molecule has 0 atom stereocenters. The van der Waals surface area contributed by atoms with Crippen LogP contribution in [-0.4, -0.2) is 21.9 Å². The minimum absolute atomic E-state index is 0.00960. The van der Waals surface area contributed by atoms with Crippen LogP contribution in [0.4, 0.5) is 0 Å². The Morgan fingerprint density at radius 2 is 1.52 bits per heavy atom. The molecule has 0 spiro atoms. The third-order valence-corrected chi connectivity index (χ3v) is 6.32. The van der Waals surface area contributed by atoms with Gasteiger partial charge in [0.2, 0.25) is 0 Å². The Morgan fingerprint density at radius 1 is 0.871 bits per heavy atom. The highest BCUT2D eigenvalue weighted by molar-refractivity contribution is 5.95. The fraction of sp³-hybridized carbons (Fsp3) is 0.259. The van der Waals surface area contributed by atoms with Gasteiger partial charge < -0.3 is 10.0 Å². The van der Waals surface area contributed by atoms with Gasteiger partial charge in [0.25, 0.3) is 5.91 Å². The zero-order valence-corrected chi connectivity index (χ0v) is 18.5. The van der Waals surface area contributed by atoms with Crippen LogP contribution in [0.25, 0.3) is 11.1 Å². The van der Waals surface area contributed by atoms with E-state index in [0.29, 0.717) is 18.7 Å². The van der Waals surface area contributed by atoms with Gasteiger partial charge in [-0.3, -0.25) is 9.59 Å². The van der Waals surface area contributed by atoms with Crippen LogP contribution < -0.4 is 0 Å². The third-order valence-electron chi connectivity index (χ3n) is 6.32. The number of hydrogen-bond acceptors (Lipinski definition) is 2. The molecule has 0 aliphatic carbocycles. The first-order valence-electron chi connectivity index (χ1n) is 10.5. The van der Waals surface area contributed by atoms with E-state index in [0.717, 1.165) is 50.1 Å². The molecule has 31 heavy (non-hydrogen) atoms. The first-order valence-corrected chi connectivity index (χ1v) is 10.5. The Balaban J connectivity index is 1.81. The van der Waals surface area contributed by atoms with Crippen molar-refractivity contribution in [1.82, 2.24) is 4.90 Å². The van der Waals surface area contributed by atoms with Crippen molar-refractivity contribution < 1.29 is 14.7 Å². The Bertz CT molecular complexity index is 1190. The molecular formula is C27H27NO3. The lowest BCUT2D eigenvalue weighted by Crippen LogP contribution is -2.25. The molecule has 4 heteroatoms. The lowest BCUT2D eigenvalue weighted by Gasteiger charge is -2.19. The van der Waals surface area contributed by atoms with Crippen LogP contribution in [0.3, 0.4) is 0 Å². The summed E-state index contributed by atoms with van der Waals surface area (Å²) in [5.41, 5.74) is 10.0. The molecule has 0 radical (unpaired) electrons. The van der Waals surface area contributed by atoms with Crippen LogP contribution >= 0.6 is 0 Å². The van der Waals surface area contributed by atoms with Crippen LogP contribution in [0.1, 0.15) is 49.3 Å². The number of benzene rings is 3. The van der Waals surface area contributed by atoms with E-state index in [1.54, 1.807) is 0 Å². The average Bonchev–Trinajstić information content (AvgIpc) is 3.18. The topological polar surface area (TPSA) is 57.6 Å². The van der Waals surface area contributed by atoms with E-state index in [1.807, 2.05) is 49.9 Å². The SMILES string of the molecule is Cc1ccc(-c2c(C)c3c(c(C)c2CC(=O)O)CN(C(=O)c2cccc(C)c2)C3)cc1. The van der Waals surface area contributed by atoms with Gasteiger partial charge in [-0.2, -0.15) is 0 Å². The molecule has 3 aromatic rings. The van der Waals surface area contributed by atoms with Crippen molar-refractivity contribution in [3.05, 3.63) is 93.0 Å². The van der Waals surface area contributed by atoms with Crippen LogP contribution in [0.2, 0.25) is 0 Å². The Morgan fingerprint density at radius 3 is 2.13 bits per heavy atom. The van der Waals surface area contributed by atoms with E-state index in [9.17, 15) is 14.7 Å². The molecule has 0 fully saturated rings. The second-order valence-electron chi connectivity index (χ2n) is 8.53. The molecule has 1 aliphatic heterocycles. The highest BCUT2D eigenvalue weighted by atomic mass is 16.4. The lowest BCUT2D eigenvalue weighted by molar-refractivity contribution is -0.136. The molecule has 158 valence electrons. The molecule has 0 aromatic heterocycles. The lowest BCUT2D eigenvalue weighted by atomic mass is 9.84. The second-order valence-corrected chi connectivity index (χ2v) is 8.53. The maximum absolute atomic E-state index is 13.2. The van der Waals surface area contributed by atoms with Crippen molar-refractivity contribution >= 4 is 11.9 Å². The van der Waals surface area contributed by atoms with Crippen molar-refractivity contribution in [3.8, 4) is 11.1 Å². The smallest absolute Gasteiger partial charge is 0.307 e. The molecule has 4 nitrogen and oxygen atoms in total. The van der Waals surface area contributed by atoms with Gasteiger partial charge in [-0.15, -0.1) is 0 Å². The maximum atomic E-state index is 13.2. The summed E-state index contributed by atoms with van der Waals surface area (Å²) in [6.07, 6.45) is -0.0327. The monoisotopic (exact) mass is 413 g/mol. The largest absolute Gasteiger partial charge is 0.481 e. The van der Waals surface area contributed by atoms with Crippen molar-refractivity contribution in [2.45, 2.75) is 47.2 Å². The molecule has 1 aliphatic rings. The van der Waals surface area contributed by atoms with Crippen molar-refractivity contribution in [3.63, 3.8) is 0 Å². The average molecular weight is 414 g/mol. The summed E-state index contributed by atoms with van der Waals surface area (Å²) in [5.74, 6) is -0.836. The predicted octanol–water partition coefficient (Wildman–Crippen LogP) is 5.37. The van der Waals surface area contributed by atoms with E-state index in [-0.39, 0.29) is 12.3 Å². The molecule has 4 rings (SSSR count). The number of aryl methyl sites for hydroxylation is 2. The second kappa shape index (κ2) is 8.03. The van der Waals surface area contributed by atoms with Gasteiger partial charge in [-0.25, -0.2) is 0 Å². The fourth-order valence-electron chi connectivity index (χ4n) is 4.65. The van der Waals surface area contributed by atoms with Gasteiger partial charge in [-0.05, 0) is 78.8 Å². The number of aliphatic carboxylic acids is 1. The van der Waals surface area contributed by atoms with E-state index in [4.69, 9.17) is 0 Å². The molecule has 1 heterocycles. The number of rotatable bonds is 4. The highest BCUT2D eigenvalue weighted by Gasteiger charge is 2.30. The Labute approximate surface area is 183 Å². The molecule has 1 N–H and O–H groups in total. The molecule has 3 aromatic carbocycles. The number of carbonyl (C=O) groups excluding carboxylic acids is 1. The number of carboxylic acid groups (broad SMARTS) is 1. The van der Waals surface area contributed by atoms with Gasteiger partial charge >= 0.3 is 5.97 Å². The van der Waals surface area contributed by atoms with Crippen LogP contribution in [-0.2, 0) is 24.3 Å². The standard InChI is InChI=1S/C27H27NO3/c1-16-8-10-20(11-9-16)26-19(4)24-15-28(27(31)21-7-5-6-17(2)12-21)14-23(24)18(3)22(26)13-25(29)30/h5-12H,13-15H2,1-4H3,(H,29,30). The number of carbonyl (C=O) groups is 2. The van der Waals surface area contributed by atoms with Gasteiger partial charge in [0.05, 0.1) is 6.42 Å². The van der Waals surface area contributed by atoms with Gasteiger partial charge in [0.15, 0.2) is 0 Å². The summed E-state index contributed by atoms with van der Waals surface area (Å²) in [4.78, 5) is 26.7. The highest BCUT2D eigenvalue weighted by Crippen LogP contribution is 2.40. The van der Waals surface area contributed by atoms with Gasteiger partial charge in [-0.1, -0.05) is 47.5 Å². The van der Waals surface area contributed by atoms with Crippen molar-refractivity contribution in [2.24, 2.45) is 0 Å². The zero-order chi connectivity index (χ0) is 22.3. The number of amides is 1. The first-order chi connectivity index (χ1) is 14.8. The molecule has 0 bridgehead atoms. The normalized spacial score (nSPS) is 12.7. The number of fused-ring (bicyclic) bond motifs is 1. The Hall–Kier alpha value is -3.40. The molecular weight excluding hydrogens is 386 g/mol. The van der Waals surface area contributed by atoms with Crippen LogP contribution in [0.15, 0.2) is 48.5 Å². The molecule has 0 unspecified atom stereocenters. The number of hydrogen-bond donors (Lipinski definition) is 1. The van der Waals surface area contributed by atoms with E-state index in [2.05, 4.69) is 31.2 Å². The van der Waals surface area contributed by atoms with Crippen LogP contribution in [0.5, 0.6) is 0 Å². The fourth-order valence-corrected chi connectivity index (χ4v) is 4.65. The Kier molecular flexibility index (Phi) is 5.40. The minimum atomic E-state index is -0.846. The first kappa shape index (κ1) is 20.9. The van der Waals surface area contributed by atoms with Crippen molar-refractivity contribution in [2.75, 3.05) is 0 Å². The minimum Gasteiger partial charge on any atom is -0.481 e. The molecule has 1 amide bonds. The van der Waals surface area contributed by atoms with Gasteiger partial charge in [0, 0.05) is 18.7 Å². The van der Waals surface area contributed by atoms with E-state index < -0.39 is 5.97 Å². The summed E-state index contributed by atoms with van der Waals surface area (Å²) in [6.45, 7) is 9.12. The van der Waals surface area contributed by atoms with Crippen LogP contribution in [0, 0.1) is 27.7 Å². The predicted molar refractivity (Wildman–Crippen MR) is 122 cm³/mol. The third kappa shape index (κ3) is 3.86. The zero-order valence-electron chi connectivity index (χ0n) is 18.5. The van der Waals surface area contributed by atoms with E-state index in [1.165, 1.54) is 0 Å². The van der Waals surface area contributed by atoms with Crippen molar-refractivity contribution in [1.29, 1.82) is 0 Å². The van der Waals surface area contributed by atoms with Gasteiger partial charge in [0.1, 0.15) is 0 Å². The number of nitrogens with zero attached hydrogens (tertiary/aromatic N) is 1.